The maximum Gasteiger partial charge on any atom is 0.0880 e. The fourth-order valence-corrected chi connectivity index (χ4v) is 7.80. The molecule has 0 amide bonds. The lowest BCUT2D eigenvalue weighted by molar-refractivity contribution is 0.334. The maximum atomic E-state index is 8.54. The predicted octanol–water partition coefficient (Wildman–Crippen LogP) is 10.2. The molecule has 2 aromatic heterocycles. The van der Waals surface area contributed by atoms with Crippen LogP contribution >= 0.6 is 11.3 Å². The lowest BCUT2D eigenvalue weighted by atomic mass is 9.62. The van der Waals surface area contributed by atoms with E-state index in [1.807, 2.05) is 18.3 Å². The second-order valence-electron chi connectivity index (χ2n) is 13.0. The molecule has 1 aliphatic carbocycles. The average molecular weight is 495 g/mol. The van der Waals surface area contributed by atoms with Crippen molar-refractivity contribution in [2.45, 2.75) is 84.4 Å². The van der Waals surface area contributed by atoms with E-state index in [0.717, 1.165) is 44.3 Å². The van der Waals surface area contributed by atoms with Gasteiger partial charge in [-0.15, -0.1) is 11.3 Å². The van der Waals surface area contributed by atoms with E-state index in [9.17, 15) is 0 Å². The van der Waals surface area contributed by atoms with Crippen molar-refractivity contribution in [3.8, 4) is 11.3 Å². The fourth-order valence-electron chi connectivity index (χ4n) is 6.24. The van der Waals surface area contributed by atoms with Crippen molar-refractivity contribution >= 4 is 42.3 Å². The molecule has 0 radical (unpaired) electrons. The summed E-state index contributed by atoms with van der Waals surface area (Å²) in [7, 11) is 0. The minimum Gasteiger partial charge on any atom is -0.255 e. The van der Waals surface area contributed by atoms with Crippen molar-refractivity contribution in [1.29, 1.82) is 0 Å². The van der Waals surface area contributed by atoms with Gasteiger partial charge in [0.1, 0.15) is 0 Å². The molecule has 36 heavy (non-hydrogen) atoms. The van der Waals surface area contributed by atoms with E-state index < -0.39 is 6.85 Å². The predicted molar refractivity (Wildman–Crippen MR) is 159 cm³/mol. The Morgan fingerprint density at radius 3 is 2.39 bits per heavy atom. The van der Waals surface area contributed by atoms with Gasteiger partial charge in [0.15, 0.2) is 0 Å². The van der Waals surface area contributed by atoms with Gasteiger partial charge in [0.05, 0.1) is 10.4 Å². The third-order valence-corrected chi connectivity index (χ3v) is 9.61. The molecule has 0 N–H and O–H groups in total. The van der Waals surface area contributed by atoms with Crippen molar-refractivity contribution in [1.82, 2.24) is 4.98 Å². The zero-order valence-corrected chi connectivity index (χ0v) is 23.3. The summed E-state index contributed by atoms with van der Waals surface area (Å²) in [6.07, 6.45) is 3.98. The zero-order chi connectivity index (χ0) is 28.1. The summed E-state index contributed by atoms with van der Waals surface area (Å²) >= 11 is 1.74. The van der Waals surface area contributed by atoms with Crippen molar-refractivity contribution in [2.75, 3.05) is 0 Å². The van der Waals surface area contributed by atoms with Gasteiger partial charge in [0, 0.05) is 31.3 Å². The number of thiophene rings is 1. The first-order valence-electron chi connectivity index (χ1n) is 14.5. The summed E-state index contributed by atoms with van der Waals surface area (Å²) in [5.41, 5.74) is 6.15. The van der Waals surface area contributed by atoms with E-state index in [2.05, 4.69) is 84.9 Å². The van der Waals surface area contributed by atoms with Crippen LogP contribution in [-0.2, 0) is 16.2 Å². The summed E-state index contributed by atoms with van der Waals surface area (Å²) < 4.78 is 27.8. The van der Waals surface area contributed by atoms with Crippen molar-refractivity contribution in [2.24, 2.45) is 0 Å². The molecule has 5 aromatic rings. The third kappa shape index (κ3) is 3.44. The highest BCUT2D eigenvalue weighted by Gasteiger charge is 2.39. The Bertz CT molecular complexity index is 1780. The summed E-state index contributed by atoms with van der Waals surface area (Å²) in [4.78, 5) is 4.94. The SMILES string of the molecule is [2H]C([2H])([2H])c1cc2c(c3sc4c(-c5cc(C(C)(C)C)c6ccccc6c5)nccc4c13)C(C)(C)CCC2(C)C. The molecule has 0 unspecified atom stereocenters. The van der Waals surface area contributed by atoms with E-state index in [-0.39, 0.29) is 16.2 Å². The van der Waals surface area contributed by atoms with Gasteiger partial charge in [-0.2, -0.15) is 0 Å². The summed E-state index contributed by atoms with van der Waals surface area (Å²) in [5, 5.41) is 4.35. The first-order chi connectivity index (χ1) is 18.1. The Morgan fingerprint density at radius 2 is 1.64 bits per heavy atom. The first-order valence-corrected chi connectivity index (χ1v) is 13.8. The molecule has 1 aliphatic rings. The molecule has 0 atom stereocenters. The van der Waals surface area contributed by atoms with Crippen molar-refractivity contribution < 1.29 is 4.11 Å². The molecule has 1 nitrogen and oxygen atoms in total. The molecular formula is C34H37NS. The van der Waals surface area contributed by atoms with Crippen LogP contribution in [0.4, 0.5) is 0 Å². The summed E-state index contributed by atoms with van der Waals surface area (Å²) in [5.74, 6) is 0. The Balaban J connectivity index is 1.76. The molecule has 0 saturated heterocycles. The Kier molecular flexibility index (Phi) is 4.33. The largest absolute Gasteiger partial charge is 0.255 e. The van der Waals surface area contributed by atoms with Crippen LogP contribution in [0, 0.1) is 6.85 Å². The van der Waals surface area contributed by atoms with Gasteiger partial charge in [-0.3, -0.25) is 4.98 Å². The van der Waals surface area contributed by atoms with Gasteiger partial charge in [-0.05, 0) is 87.2 Å². The minimum absolute atomic E-state index is 0.0345. The normalized spacial score (nSPS) is 18.7. The average Bonchev–Trinajstić information content (AvgIpc) is 3.23. The highest BCUT2D eigenvalue weighted by atomic mass is 32.1. The minimum atomic E-state index is -2.20. The van der Waals surface area contributed by atoms with E-state index in [4.69, 9.17) is 9.10 Å². The standard InChI is InChI=1S/C34H37NS/c1-20-17-26-28(34(7,8)15-14-33(26,5)6)31-27(20)24-13-16-35-29(30(24)36-31)22-18-21-11-9-10-12-23(21)25(19-22)32(2,3)4/h9-13,16-19H,14-15H2,1-8H3/i1D3. The first kappa shape index (κ1) is 20.4. The second-order valence-corrected chi connectivity index (χ2v) is 14.0. The molecule has 3 aromatic carbocycles. The van der Waals surface area contributed by atoms with Crippen molar-refractivity contribution in [3.05, 3.63) is 77.0 Å². The summed E-state index contributed by atoms with van der Waals surface area (Å²) in [6.45, 7) is 13.7. The Labute approximate surface area is 223 Å². The molecule has 0 saturated carbocycles. The Hall–Kier alpha value is -2.71. The van der Waals surface area contributed by atoms with E-state index in [1.165, 1.54) is 27.5 Å². The molecule has 0 fully saturated rings. The number of rotatable bonds is 1. The number of hydrogen-bond acceptors (Lipinski definition) is 2. The lowest BCUT2D eigenvalue weighted by Gasteiger charge is -2.42. The number of pyridine rings is 1. The van der Waals surface area contributed by atoms with Crippen LogP contribution in [0.25, 0.3) is 42.2 Å². The molecular weight excluding hydrogens is 454 g/mol. The smallest absolute Gasteiger partial charge is 0.0880 e. The monoisotopic (exact) mass is 494 g/mol. The van der Waals surface area contributed by atoms with E-state index in [0.29, 0.717) is 5.56 Å². The lowest BCUT2D eigenvalue weighted by Crippen LogP contribution is -2.34. The molecule has 6 rings (SSSR count). The molecule has 184 valence electrons. The molecule has 0 spiro atoms. The molecule has 0 aliphatic heterocycles. The van der Waals surface area contributed by atoms with Crippen LogP contribution in [0.5, 0.6) is 0 Å². The highest BCUT2D eigenvalue weighted by molar-refractivity contribution is 7.26. The number of aryl methyl sites for hydroxylation is 1. The van der Waals surface area contributed by atoms with Crippen LogP contribution in [0.15, 0.2) is 54.7 Å². The van der Waals surface area contributed by atoms with Crippen molar-refractivity contribution in [3.63, 3.8) is 0 Å². The zero-order valence-electron chi connectivity index (χ0n) is 25.5. The molecule has 0 bridgehead atoms. The molecule has 2 heteroatoms. The van der Waals surface area contributed by atoms with E-state index in [1.54, 1.807) is 11.3 Å². The Morgan fingerprint density at radius 1 is 0.889 bits per heavy atom. The number of nitrogens with zero attached hydrogens (tertiary/aromatic N) is 1. The van der Waals surface area contributed by atoms with Gasteiger partial charge in [0.2, 0.25) is 0 Å². The van der Waals surface area contributed by atoms with Gasteiger partial charge >= 0.3 is 0 Å². The summed E-state index contributed by atoms with van der Waals surface area (Å²) in [6, 6.07) is 17.1. The van der Waals surface area contributed by atoms with Crippen LogP contribution in [0.1, 0.15) is 87.7 Å². The van der Waals surface area contributed by atoms with Gasteiger partial charge < -0.3 is 0 Å². The quantitative estimate of drug-likeness (QED) is 0.226. The van der Waals surface area contributed by atoms with Crippen LogP contribution in [-0.4, -0.2) is 4.98 Å². The molecule has 2 heterocycles. The van der Waals surface area contributed by atoms with Crippen LogP contribution < -0.4 is 0 Å². The third-order valence-electron chi connectivity index (χ3n) is 8.38. The number of aromatic nitrogens is 1. The second kappa shape index (κ2) is 7.65. The number of fused-ring (bicyclic) bond motifs is 6. The van der Waals surface area contributed by atoms with Gasteiger partial charge in [0.25, 0.3) is 0 Å². The van der Waals surface area contributed by atoms with Gasteiger partial charge in [-0.25, -0.2) is 0 Å². The highest BCUT2D eigenvalue weighted by Crippen LogP contribution is 2.53. The van der Waals surface area contributed by atoms with Crippen LogP contribution in [0.3, 0.4) is 0 Å². The number of benzene rings is 3. The van der Waals surface area contributed by atoms with Gasteiger partial charge in [-0.1, -0.05) is 78.8 Å². The number of hydrogen-bond donors (Lipinski definition) is 0. The fraction of sp³-hybridized carbons (Fsp3) is 0.382. The van der Waals surface area contributed by atoms with Crippen LogP contribution in [0.2, 0.25) is 0 Å². The van der Waals surface area contributed by atoms with E-state index >= 15 is 0 Å². The topological polar surface area (TPSA) is 12.9 Å². The maximum absolute atomic E-state index is 8.54.